The van der Waals surface area contributed by atoms with E-state index in [2.05, 4.69) is 9.71 Å². The van der Waals surface area contributed by atoms with Gasteiger partial charge in [-0.05, 0) is 29.1 Å². The van der Waals surface area contributed by atoms with E-state index in [0.29, 0.717) is 4.21 Å². The van der Waals surface area contributed by atoms with Crippen molar-refractivity contribution in [2.24, 2.45) is 0 Å². The van der Waals surface area contributed by atoms with Crippen LogP contribution in [0.1, 0.15) is 17.2 Å². The first kappa shape index (κ1) is 15.9. The highest BCUT2D eigenvalue weighted by molar-refractivity contribution is 7.91. The molecule has 0 spiro atoms. The zero-order chi connectivity index (χ0) is 16.1. The fourth-order valence-electron chi connectivity index (χ4n) is 2.34. The van der Waals surface area contributed by atoms with Gasteiger partial charge in [0.25, 0.3) is 0 Å². The van der Waals surface area contributed by atoms with Crippen LogP contribution in [0.2, 0.25) is 0 Å². The quantitative estimate of drug-likeness (QED) is 0.747. The van der Waals surface area contributed by atoms with E-state index in [4.69, 9.17) is 0 Å². The number of thiophene rings is 1. The molecule has 6 heteroatoms. The lowest BCUT2D eigenvalue weighted by atomic mass is 9.95. The molecule has 4 nitrogen and oxygen atoms in total. The lowest BCUT2D eigenvalue weighted by Gasteiger charge is -2.17. The van der Waals surface area contributed by atoms with Crippen molar-refractivity contribution in [2.45, 2.75) is 10.1 Å². The normalized spacial score (nSPS) is 12.9. The smallest absolute Gasteiger partial charge is 0.250 e. The van der Waals surface area contributed by atoms with Crippen molar-refractivity contribution in [3.8, 4) is 0 Å². The van der Waals surface area contributed by atoms with E-state index in [0.717, 1.165) is 11.3 Å². The van der Waals surface area contributed by atoms with Crippen molar-refractivity contribution < 1.29 is 8.42 Å². The van der Waals surface area contributed by atoms with Gasteiger partial charge in [0.05, 0.1) is 0 Å². The molecule has 0 radical (unpaired) electrons. The van der Waals surface area contributed by atoms with Crippen LogP contribution >= 0.6 is 11.3 Å². The van der Waals surface area contributed by atoms with Gasteiger partial charge >= 0.3 is 0 Å². The summed E-state index contributed by atoms with van der Waals surface area (Å²) in [5.74, 6) is -0.132. The van der Waals surface area contributed by atoms with Crippen LogP contribution in [-0.4, -0.2) is 19.9 Å². The van der Waals surface area contributed by atoms with Crippen molar-refractivity contribution in [1.82, 2.24) is 9.71 Å². The molecule has 1 atom stereocenters. The second-order valence-corrected chi connectivity index (χ2v) is 7.94. The van der Waals surface area contributed by atoms with Crippen molar-refractivity contribution in [1.29, 1.82) is 0 Å². The first-order chi connectivity index (χ1) is 11.2. The van der Waals surface area contributed by atoms with Crippen molar-refractivity contribution in [3.05, 3.63) is 83.5 Å². The first-order valence-corrected chi connectivity index (χ1v) is 9.52. The lowest BCUT2D eigenvalue weighted by Crippen LogP contribution is -2.28. The molecular weight excluding hydrogens is 328 g/mol. The average Bonchev–Trinajstić information content (AvgIpc) is 3.12. The summed E-state index contributed by atoms with van der Waals surface area (Å²) in [5, 5.41) is 1.75. The maximum atomic E-state index is 12.3. The third-order valence-corrected chi connectivity index (χ3v) is 6.31. The summed E-state index contributed by atoms with van der Waals surface area (Å²) in [5.41, 5.74) is 1.87. The zero-order valence-corrected chi connectivity index (χ0v) is 13.9. The maximum absolute atomic E-state index is 12.3. The molecule has 0 bridgehead atoms. The number of aromatic nitrogens is 1. The molecular formula is C17H16N2O2S2. The van der Waals surface area contributed by atoms with Gasteiger partial charge in [-0.2, -0.15) is 0 Å². The van der Waals surface area contributed by atoms with Gasteiger partial charge in [-0.3, -0.25) is 4.98 Å². The van der Waals surface area contributed by atoms with Crippen LogP contribution in [0.3, 0.4) is 0 Å². The highest BCUT2D eigenvalue weighted by atomic mass is 32.2. The Labute approximate surface area is 139 Å². The Morgan fingerprint density at radius 1 is 1.00 bits per heavy atom. The molecule has 0 saturated carbocycles. The van der Waals surface area contributed by atoms with Crippen LogP contribution < -0.4 is 4.72 Å². The van der Waals surface area contributed by atoms with Gasteiger partial charge in [0.1, 0.15) is 4.21 Å². The molecule has 0 saturated heterocycles. The van der Waals surface area contributed by atoms with E-state index in [-0.39, 0.29) is 12.5 Å². The minimum Gasteiger partial charge on any atom is -0.261 e. The minimum atomic E-state index is -3.49. The molecule has 0 fully saturated rings. The summed E-state index contributed by atoms with van der Waals surface area (Å²) < 4.78 is 27.7. The Hall–Kier alpha value is -2.02. The number of rotatable bonds is 6. The van der Waals surface area contributed by atoms with Crippen LogP contribution in [0.15, 0.2) is 76.4 Å². The monoisotopic (exact) mass is 344 g/mol. The molecule has 1 unspecified atom stereocenters. The van der Waals surface area contributed by atoms with Gasteiger partial charge in [0.15, 0.2) is 0 Å². The second kappa shape index (κ2) is 7.04. The predicted octanol–water partition coefficient (Wildman–Crippen LogP) is 3.25. The second-order valence-electron chi connectivity index (χ2n) is 5.00. The summed E-state index contributed by atoms with van der Waals surface area (Å²) >= 11 is 1.21. The molecule has 2 heterocycles. The molecule has 3 rings (SSSR count). The van der Waals surface area contributed by atoms with E-state index < -0.39 is 10.0 Å². The van der Waals surface area contributed by atoms with Gasteiger partial charge in [0.2, 0.25) is 10.0 Å². The van der Waals surface area contributed by atoms with E-state index in [1.165, 1.54) is 11.3 Å². The summed E-state index contributed by atoms with van der Waals surface area (Å²) in [7, 11) is -3.49. The van der Waals surface area contributed by atoms with Crippen molar-refractivity contribution in [3.63, 3.8) is 0 Å². The number of hydrogen-bond acceptors (Lipinski definition) is 4. The van der Waals surface area contributed by atoms with Gasteiger partial charge < -0.3 is 0 Å². The molecule has 1 N–H and O–H groups in total. The Morgan fingerprint density at radius 3 is 2.43 bits per heavy atom. The number of pyridine rings is 1. The maximum Gasteiger partial charge on any atom is 0.250 e. The Kier molecular flexibility index (Phi) is 4.85. The molecule has 118 valence electrons. The predicted molar refractivity (Wildman–Crippen MR) is 92.0 cm³/mol. The fraction of sp³-hybridized carbons (Fsp3) is 0.118. The zero-order valence-electron chi connectivity index (χ0n) is 12.3. The Bertz CT molecular complexity index is 793. The van der Waals surface area contributed by atoms with Crippen LogP contribution in [0.25, 0.3) is 0 Å². The summed E-state index contributed by atoms with van der Waals surface area (Å²) in [6.07, 6.45) is 1.72. The number of hydrogen-bond donors (Lipinski definition) is 1. The van der Waals surface area contributed by atoms with Gasteiger partial charge in [0, 0.05) is 24.4 Å². The van der Waals surface area contributed by atoms with E-state index in [1.807, 2.05) is 48.5 Å². The molecule has 0 aliphatic carbocycles. The van der Waals surface area contributed by atoms with Crippen LogP contribution in [-0.2, 0) is 10.0 Å². The topological polar surface area (TPSA) is 59.1 Å². The van der Waals surface area contributed by atoms with Gasteiger partial charge in [-0.15, -0.1) is 11.3 Å². The average molecular weight is 344 g/mol. The van der Waals surface area contributed by atoms with Crippen LogP contribution in [0.5, 0.6) is 0 Å². The minimum absolute atomic E-state index is 0.132. The molecule has 0 aliphatic heterocycles. The molecule has 23 heavy (non-hydrogen) atoms. The highest BCUT2D eigenvalue weighted by Gasteiger charge is 2.20. The van der Waals surface area contributed by atoms with E-state index in [9.17, 15) is 8.42 Å². The van der Waals surface area contributed by atoms with Crippen molar-refractivity contribution in [2.75, 3.05) is 6.54 Å². The Balaban J connectivity index is 1.86. The molecule has 0 aliphatic rings. The molecule has 3 aromatic rings. The number of sulfonamides is 1. The molecule has 1 aromatic carbocycles. The molecule has 2 aromatic heterocycles. The molecule has 0 amide bonds. The Morgan fingerprint density at radius 2 is 1.78 bits per heavy atom. The lowest BCUT2D eigenvalue weighted by molar-refractivity contribution is 0.578. The van der Waals surface area contributed by atoms with E-state index in [1.54, 1.807) is 23.7 Å². The third-order valence-electron chi connectivity index (χ3n) is 3.48. The van der Waals surface area contributed by atoms with Crippen LogP contribution in [0, 0.1) is 0 Å². The number of benzene rings is 1. The standard InChI is InChI=1S/C17H16N2O2S2/c20-23(21,17-10-6-12-22-17)19-13-15(14-7-2-1-3-8-14)16-9-4-5-11-18-16/h1-12,15,19H,13H2. The fourth-order valence-corrected chi connectivity index (χ4v) is 4.43. The SMILES string of the molecule is O=S(=O)(NCC(c1ccccc1)c1ccccn1)c1cccs1. The summed E-state index contributed by atoms with van der Waals surface area (Å²) in [6.45, 7) is 0.265. The largest absolute Gasteiger partial charge is 0.261 e. The van der Waals surface area contributed by atoms with Gasteiger partial charge in [-0.25, -0.2) is 13.1 Å². The number of nitrogens with zero attached hydrogens (tertiary/aromatic N) is 1. The first-order valence-electron chi connectivity index (χ1n) is 7.16. The van der Waals surface area contributed by atoms with Crippen LogP contribution in [0.4, 0.5) is 0 Å². The summed E-state index contributed by atoms with van der Waals surface area (Å²) in [4.78, 5) is 4.39. The third kappa shape index (κ3) is 3.85. The van der Waals surface area contributed by atoms with E-state index >= 15 is 0 Å². The highest BCUT2D eigenvalue weighted by Crippen LogP contribution is 2.23. The van der Waals surface area contributed by atoms with Crippen molar-refractivity contribution >= 4 is 21.4 Å². The van der Waals surface area contributed by atoms with Gasteiger partial charge in [-0.1, -0.05) is 42.5 Å². The number of nitrogens with one attached hydrogen (secondary N) is 1. The summed E-state index contributed by atoms with van der Waals surface area (Å²) in [6, 6.07) is 18.8.